The summed E-state index contributed by atoms with van der Waals surface area (Å²) in [5.41, 5.74) is 0.812. The highest BCUT2D eigenvalue weighted by atomic mass is 35.5. The molecule has 0 aliphatic rings. The first-order chi connectivity index (χ1) is 12.4. The first-order valence-electron chi connectivity index (χ1n) is 7.45. The predicted octanol–water partition coefficient (Wildman–Crippen LogP) is 4.59. The summed E-state index contributed by atoms with van der Waals surface area (Å²) < 4.78 is 23.3. The van der Waals surface area contributed by atoms with E-state index in [-0.39, 0.29) is 16.5 Å². The summed E-state index contributed by atoms with van der Waals surface area (Å²) in [4.78, 5) is 12.4. The molecule has 134 valence electrons. The number of halogens is 3. The van der Waals surface area contributed by atoms with Crippen molar-refractivity contribution in [3.8, 4) is 17.0 Å². The van der Waals surface area contributed by atoms with Gasteiger partial charge >= 0.3 is 0 Å². The van der Waals surface area contributed by atoms with Crippen LogP contribution in [-0.4, -0.2) is 22.3 Å². The Bertz CT molecular complexity index is 931. The number of aromatic nitrogens is 2. The van der Waals surface area contributed by atoms with Crippen molar-refractivity contribution in [2.75, 3.05) is 5.32 Å². The maximum absolute atomic E-state index is 13.0. The van der Waals surface area contributed by atoms with Crippen LogP contribution in [0.3, 0.4) is 0 Å². The number of nitrogens with zero attached hydrogens (tertiary/aromatic N) is 2. The van der Waals surface area contributed by atoms with E-state index in [2.05, 4.69) is 20.3 Å². The van der Waals surface area contributed by atoms with Gasteiger partial charge in [0.05, 0.1) is 5.02 Å². The molecule has 0 bridgehead atoms. The smallest absolute Gasteiger partial charge is 0.266 e. The Balaban J connectivity index is 1.72. The molecule has 0 aliphatic carbocycles. The fourth-order valence-corrected chi connectivity index (χ4v) is 2.55. The number of anilines is 1. The maximum atomic E-state index is 13.0. The molecule has 1 N–H and O–H groups in total. The summed E-state index contributed by atoms with van der Waals surface area (Å²) in [6.07, 6.45) is -0.883. The zero-order valence-electron chi connectivity index (χ0n) is 13.4. The molecular formula is C17H12Cl2FN3O3. The van der Waals surface area contributed by atoms with Crippen LogP contribution in [0, 0.1) is 5.82 Å². The molecule has 1 aromatic heterocycles. The first kappa shape index (κ1) is 18.2. The second-order valence-electron chi connectivity index (χ2n) is 5.29. The van der Waals surface area contributed by atoms with Crippen LogP contribution in [0.15, 0.2) is 47.1 Å². The molecule has 26 heavy (non-hydrogen) atoms. The van der Waals surface area contributed by atoms with Gasteiger partial charge in [-0.05, 0) is 59.7 Å². The molecule has 1 amide bonds. The Labute approximate surface area is 157 Å². The summed E-state index contributed by atoms with van der Waals surface area (Å²) in [5, 5.41) is 10.7. The van der Waals surface area contributed by atoms with Crippen LogP contribution in [-0.2, 0) is 4.79 Å². The number of nitrogens with one attached hydrogen (secondary N) is 1. The molecule has 1 atom stereocenters. The first-order valence-corrected chi connectivity index (χ1v) is 8.20. The van der Waals surface area contributed by atoms with Crippen molar-refractivity contribution in [2.45, 2.75) is 13.0 Å². The quantitative estimate of drug-likeness (QED) is 0.683. The summed E-state index contributed by atoms with van der Waals surface area (Å²) >= 11 is 11.9. The van der Waals surface area contributed by atoms with Crippen LogP contribution in [0.25, 0.3) is 11.3 Å². The number of hydrogen-bond donors (Lipinski definition) is 1. The molecule has 0 aliphatic heterocycles. The SMILES string of the molecule is C[C@@H](Oc1ccc(Cl)cc1Cl)C(=O)Nc1nonc1-c1ccc(F)cc1. The van der Waals surface area contributed by atoms with Crippen LogP contribution in [0.5, 0.6) is 5.75 Å². The average molecular weight is 396 g/mol. The van der Waals surface area contributed by atoms with Crippen molar-refractivity contribution in [1.29, 1.82) is 0 Å². The molecule has 9 heteroatoms. The van der Waals surface area contributed by atoms with Crippen molar-refractivity contribution >= 4 is 34.9 Å². The van der Waals surface area contributed by atoms with Gasteiger partial charge in [-0.15, -0.1) is 0 Å². The third kappa shape index (κ3) is 4.12. The number of carbonyl (C=O) groups excluding carboxylic acids is 1. The van der Waals surface area contributed by atoms with Gasteiger partial charge in [0, 0.05) is 10.6 Å². The minimum atomic E-state index is -0.883. The zero-order valence-corrected chi connectivity index (χ0v) is 14.9. The van der Waals surface area contributed by atoms with E-state index in [1.165, 1.54) is 30.3 Å². The van der Waals surface area contributed by atoms with E-state index in [1.807, 2.05) is 0 Å². The van der Waals surface area contributed by atoms with Crippen molar-refractivity contribution < 1.29 is 18.6 Å². The molecule has 0 unspecified atom stereocenters. The van der Waals surface area contributed by atoms with Gasteiger partial charge in [0.15, 0.2) is 11.8 Å². The molecule has 6 nitrogen and oxygen atoms in total. The minimum absolute atomic E-state index is 0.0965. The second kappa shape index (κ2) is 7.72. The number of amides is 1. The lowest BCUT2D eigenvalue weighted by molar-refractivity contribution is -0.122. The fourth-order valence-electron chi connectivity index (χ4n) is 2.10. The van der Waals surface area contributed by atoms with Gasteiger partial charge in [0.2, 0.25) is 5.82 Å². The highest BCUT2D eigenvalue weighted by molar-refractivity contribution is 6.35. The Hall–Kier alpha value is -2.64. The number of benzene rings is 2. The largest absolute Gasteiger partial charge is 0.479 e. The number of carbonyl (C=O) groups is 1. The predicted molar refractivity (Wildman–Crippen MR) is 94.9 cm³/mol. The van der Waals surface area contributed by atoms with Gasteiger partial charge in [-0.2, -0.15) is 0 Å². The molecule has 0 radical (unpaired) electrons. The van der Waals surface area contributed by atoms with Crippen LogP contribution in [0.1, 0.15) is 6.92 Å². The van der Waals surface area contributed by atoms with E-state index in [0.717, 1.165) is 0 Å². The zero-order chi connectivity index (χ0) is 18.7. The lowest BCUT2D eigenvalue weighted by atomic mass is 10.1. The number of ether oxygens (including phenoxy) is 1. The molecule has 3 rings (SSSR count). The van der Waals surface area contributed by atoms with Crippen LogP contribution < -0.4 is 10.1 Å². The Kier molecular flexibility index (Phi) is 5.39. The van der Waals surface area contributed by atoms with Gasteiger partial charge < -0.3 is 10.1 Å². The minimum Gasteiger partial charge on any atom is -0.479 e. The molecule has 2 aromatic carbocycles. The standard InChI is InChI=1S/C17H12Cl2FN3O3/c1-9(25-14-7-4-11(18)8-13(14)19)17(24)21-16-15(22-26-23-16)10-2-5-12(20)6-3-10/h2-9H,1H3,(H,21,23,24)/t9-/m1/s1. The number of rotatable bonds is 5. The van der Waals surface area contributed by atoms with E-state index < -0.39 is 17.8 Å². The van der Waals surface area contributed by atoms with Crippen molar-refractivity contribution in [2.24, 2.45) is 0 Å². The lowest BCUT2D eigenvalue weighted by Crippen LogP contribution is -2.30. The molecule has 0 spiro atoms. The van der Waals surface area contributed by atoms with Gasteiger partial charge in [-0.1, -0.05) is 23.2 Å². The molecule has 0 saturated carbocycles. The fraction of sp³-hybridized carbons (Fsp3) is 0.118. The van der Waals surface area contributed by atoms with E-state index in [4.69, 9.17) is 27.9 Å². The van der Waals surface area contributed by atoms with Gasteiger partial charge in [-0.3, -0.25) is 4.79 Å². The summed E-state index contributed by atoms with van der Waals surface area (Å²) in [6, 6.07) is 10.2. The van der Waals surface area contributed by atoms with Crippen molar-refractivity contribution in [3.63, 3.8) is 0 Å². The monoisotopic (exact) mass is 395 g/mol. The van der Waals surface area contributed by atoms with Crippen molar-refractivity contribution in [3.05, 3.63) is 58.3 Å². The third-order valence-corrected chi connectivity index (χ3v) is 3.95. The molecular weight excluding hydrogens is 384 g/mol. The van der Waals surface area contributed by atoms with Gasteiger partial charge in [-0.25, -0.2) is 9.02 Å². The highest BCUT2D eigenvalue weighted by Gasteiger charge is 2.21. The summed E-state index contributed by atoms with van der Waals surface area (Å²) in [6.45, 7) is 1.55. The maximum Gasteiger partial charge on any atom is 0.266 e. The molecule has 0 fully saturated rings. The van der Waals surface area contributed by atoms with Crippen molar-refractivity contribution in [1.82, 2.24) is 10.3 Å². The normalized spacial score (nSPS) is 11.8. The van der Waals surface area contributed by atoms with Crippen LogP contribution >= 0.6 is 23.2 Å². The molecule has 3 aromatic rings. The highest BCUT2D eigenvalue weighted by Crippen LogP contribution is 2.29. The average Bonchev–Trinajstić information content (AvgIpc) is 3.06. The van der Waals surface area contributed by atoms with E-state index in [9.17, 15) is 9.18 Å². The second-order valence-corrected chi connectivity index (χ2v) is 6.14. The topological polar surface area (TPSA) is 77.2 Å². The lowest BCUT2D eigenvalue weighted by Gasteiger charge is -2.15. The van der Waals surface area contributed by atoms with Gasteiger partial charge in [0.25, 0.3) is 5.91 Å². The Morgan fingerprint density at radius 1 is 1.19 bits per heavy atom. The Morgan fingerprint density at radius 3 is 2.62 bits per heavy atom. The summed E-state index contributed by atoms with van der Waals surface area (Å²) in [5.74, 6) is -0.470. The Morgan fingerprint density at radius 2 is 1.92 bits per heavy atom. The molecule has 0 saturated heterocycles. The van der Waals surface area contributed by atoms with E-state index in [1.54, 1.807) is 19.1 Å². The van der Waals surface area contributed by atoms with E-state index >= 15 is 0 Å². The van der Waals surface area contributed by atoms with Crippen LogP contribution in [0.2, 0.25) is 10.0 Å². The third-order valence-electron chi connectivity index (χ3n) is 3.41. The van der Waals surface area contributed by atoms with E-state index in [0.29, 0.717) is 16.3 Å². The summed E-state index contributed by atoms with van der Waals surface area (Å²) in [7, 11) is 0. The van der Waals surface area contributed by atoms with Gasteiger partial charge in [0.1, 0.15) is 11.6 Å². The molecule has 1 heterocycles. The number of hydrogen-bond acceptors (Lipinski definition) is 5. The van der Waals surface area contributed by atoms with Crippen LogP contribution in [0.4, 0.5) is 10.2 Å².